The maximum atomic E-state index is 10.9. The second-order valence-corrected chi connectivity index (χ2v) is 4.66. The molecule has 0 spiro atoms. The second-order valence-electron chi connectivity index (χ2n) is 4.66. The Hall–Kier alpha value is -0.370. The molecule has 1 N–H and O–H groups in total. The van der Waals surface area contributed by atoms with Crippen LogP contribution in [0.25, 0.3) is 0 Å². The molecule has 0 aliphatic carbocycles. The number of nitrogens with one attached hydrogen (secondary N) is 1. The average molecular weight is 171 g/mol. The lowest BCUT2D eigenvalue weighted by Crippen LogP contribution is -2.31. The molecule has 0 aromatic rings. The number of ketones is 1. The van der Waals surface area contributed by atoms with Gasteiger partial charge in [-0.3, -0.25) is 4.79 Å². The van der Waals surface area contributed by atoms with Gasteiger partial charge in [0.1, 0.15) is 5.78 Å². The van der Waals surface area contributed by atoms with Crippen LogP contribution in [-0.4, -0.2) is 18.9 Å². The lowest BCUT2D eigenvalue weighted by Gasteiger charge is -2.24. The summed E-state index contributed by atoms with van der Waals surface area (Å²) in [5.74, 6) is 0.263. The van der Waals surface area contributed by atoms with Crippen molar-refractivity contribution in [2.45, 2.75) is 46.6 Å². The van der Waals surface area contributed by atoms with Crippen molar-refractivity contribution < 1.29 is 4.79 Å². The highest BCUT2D eigenvalue weighted by Gasteiger charge is 2.18. The van der Waals surface area contributed by atoms with Gasteiger partial charge in [-0.25, -0.2) is 0 Å². The smallest absolute Gasteiger partial charge is 0.131 e. The van der Waals surface area contributed by atoms with Gasteiger partial charge in [-0.2, -0.15) is 0 Å². The predicted molar refractivity (Wildman–Crippen MR) is 52.2 cm³/mol. The summed E-state index contributed by atoms with van der Waals surface area (Å²) in [6.07, 6.45) is 1.69. The molecule has 72 valence electrons. The normalized spacial score (nSPS) is 14.4. The van der Waals surface area contributed by atoms with Gasteiger partial charge in [0.2, 0.25) is 0 Å². The Kier molecular flexibility index (Phi) is 4.46. The van der Waals surface area contributed by atoms with E-state index in [2.05, 4.69) is 26.1 Å². The number of Topliss-reactive ketones (excluding diaryl/α,β-unsaturated/α-hetero) is 1. The fourth-order valence-corrected chi connectivity index (χ4v) is 1.36. The topological polar surface area (TPSA) is 29.1 Å². The minimum Gasteiger partial charge on any atom is -0.317 e. The molecule has 2 heteroatoms. The standard InChI is InChI=1S/C10H21NO/c1-8(12)6-9(11-5)7-10(2,3)4/h9,11H,6-7H2,1-5H3/t9-/m1/s1. The van der Waals surface area contributed by atoms with E-state index in [1.165, 1.54) is 0 Å². The molecule has 0 aromatic carbocycles. The zero-order valence-corrected chi connectivity index (χ0v) is 8.90. The highest BCUT2D eigenvalue weighted by molar-refractivity contribution is 5.76. The number of rotatable bonds is 4. The monoisotopic (exact) mass is 171 g/mol. The van der Waals surface area contributed by atoms with E-state index >= 15 is 0 Å². The molecule has 1 atom stereocenters. The van der Waals surface area contributed by atoms with Crippen LogP contribution in [0, 0.1) is 5.41 Å². The summed E-state index contributed by atoms with van der Waals surface area (Å²) in [6.45, 7) is 8.22. The molecule has 0 aliphatic rings. The van der Waals surface area contributed by atoms with Crippen LogP contribution in [0.3, 0.4) is 0 Å². The molecule has 0 unspecified atom stereocenters. The van der Waals surface area contributed by atoms with Crippen molar-refractivity contribution in [3.63, 3.8) is 0 Å². The van der Waals surface area contributed by atoms with Crippen molar-refractivity contribution in [2.75, 3.05) is 7.05 Å². The van der Waals surface area contributed by atoms with Gasteiger partial charge >= 0.3 is 0 Å². The molecular formula is C10H21NO. The highest BCUT2D eigenvalue weighted by Crippen LogP contribution is 2.21. The van der Waals surface area contributed by atoms with E-state index < -0.39 is 0 Å². The molecule has 0 aliphatic heterocycles. The SMILES string of the molecule is CN[C@H](CC(C)=O)CC(C)(C)C. The van der Waals surface area contributed by atoms with Crippen molar-refractivity contribution >= 4 is 5.78 Å². The minimum absolute atomic E-state index is 0.263. The first-order valence-electron chi connectivity index (χ1n) is 4.52. The molecule has 0 fully saturated rings. The van der Waals surface area contributed by atoms with E-state index in [0.717, 1.165) is 6.42 Å². The van der Waals surface area contributed by atoms with Crippen LogP contribution >= 0.6 is 0 Å². The summed E-state index contributed by atoms with van der Waals surface area (Å²) >= 11 is 0. The maximum Gasteiger partial charge on any atom is 0.131 e. The highest BCUT2D eigenvalue weighted by atomic mass is 16.1. The molecule has 0 bridgehead atoms. The van der Waals surface area contributed by atoms with Gasteiger partial charge in [0.05, 0.1) is 0 Å². The predicted octanol–water partition coefficient (Wildman–Crippen LogP) is 1.99. The van der Waals surface area contributed by atoms with Gasteiger partial charge in [0.25, 0.3) is 0 Å². The number of hydrogen-bond acceptors (Lipinski definition) is 2. The molecule has 0 rings (SSSR count). The summed E-state index contributed by atoms with van der Waals surface area (Å²) in [5, 5.41) is 3.17. The molecule has 0 saturated carbocycles. The summed E-state index contributed by atoms with van der Waals surface area (Å²) in [4.78, 5) is 10.9. The molecule has 0 radical (unpaired) electrons. The van der Waals surface area contributed by atoms with E-state index in [0.29, 0.717) is 17.9 Å². The second kappa shape index (κ2) is 4.61. The van der Waals surface area contributed by atoms with E-state index in [1.807, 2.05) is 7.05 Å². The lowest BCUT2D eigenvalue weighted by molar-refractivity contribution is -0.117. The van der Waals surface area contributed by atoms with Crippen molar-refractivity contribution in [1.29, 1.82) is 0 Å². The number of carbonyl (C=O) groups is 1. The summed E-state index contributed by atoms with van der Waals surface area (Å²) in [6, 6.07) is 0.336. The third kappa shape index (κ3) is 6.35. The molecular weight excluding hydrogens is 150 g/mol. The molecule has 0 heterocycles. The largest absolute Gasteiger partial charge is 0.317 e. The van der Waals surface area contributed by atoms with Crippen LogP contribution in [0.5, 0.6) is 0 Å². The molecule has 0 aromatic heterocycles. The van der Waals surface area contributed by atoms with Crippen LogP contribution < -0.4 is 5.32 Å². The van der Waals surface area contributed by atoms with Gasteiger partial charge in [0, 0.05) is 12.5 Å². The Labute approximate surface area is 75.7 Å². The van der Waals surface area contributed by atoms with Crippen LogP contribution in [0.4, 0.5) is 0 Å². The number of carbonyl (C=O) groups excluding carboxylic acids is 1. The van der Waals surface area contributed by atoms with Crippen molar-refractivity contribution in [3.05, 3.63) is 0 Å². The van der Waals surface area contributed by atoms with Crippen LogP contribution in [0.2, 0.25) is 0 Å². The van der Waals surface area contributed by atoms with E-state index in [9.17, 15) is 4.79 Å². The summed E-state index contributed by atoms with van der Waals surface area (Å²) in [5.41, 5.74) is 0.295. The quantitative estimate of drug-likeness (QED) is 0.701. The molecule has 0 saturated heterocycles. The summed E-state index contributed by atoms with van der Waals surface area (Å²) in [7, 11) is 1.92. The summed E-state index contributed by atoms with van der Waals surface area (Å²) < 4.78 is 0. The first-order valence-corrected chi connectivity index (χ1v) is 4.52. The fourth-order valence-electron chi connectivity index (χ4n) is 1.36. The van der Waals surface area contributed by atoms with Crippen molar-refractivity contribution in [1.82, 2.24) is 5.32 Å². The molecule has 2 nitrogen and oxygen atoms in total. The zero-order chi connectivity index (χ0) is 9.78. The first kappa shape index (κ1) is 11.6. The van der Waals surface area contributed by atoms with Crippen LogP contribution in [0.1, 0.15) is 40.5 Å². The van der Waals surface area contributed by atoms with Crippen LogP contribution in [0.15, 0.2) is 0 Å². The zero-order valence-electron chi connectivity index (χ0n) is 8.90. The average Bonchev–Trinajstić information content (AvgIpc) is 1.82. The Morgan fingerprint density at radius 3 is 2.17 bits per heavy atom. The lowest BCUT2D eigenvalue weighted by atomic mass is 9.86. The third-order valence-electron chi connectivity index (χ3n) is 1.80. The fraction of sp³-hybridized carbons (Fsp3) is 0.900. The minimum atomic E-state index is 0.263. The van der Waals surface area contributed by atoms with Gasteiger partial charge in [-0.15, -0.1) is 0 Å². The molecule has 12 heavy (non-hydrogen) atoms. The Morgan fingerprint density at radius 1 is 1.42 bits per heavy atom. The van der Waals surface area contributed by atoms with Crippen LogP contribution in [-0.2, 0) is 4.79 Å². The number of hydrogen-bond donors (Lipinski definition) is 1. The molecule has 0 amide bonds. The van der Waals surface area contributed by atoms with Crippen molar-refractivity contribution in [3.8, 4) is 0 Å². The van der Waals surface area contributed by atoms with Crippen molar-refractivity contribution in [2.24, 2.45) is 5.41 Å². The third-order valence-corrected chi connectivity index (χ3v) is 1.80. The Balaban J connectivity index is 3.92. The Bertz CT molecular complexity index is 146. The van der Waals surface area contributed by atoms with Gasteiger partial charge < -0.3 is 5.32 Å². The van der Waals surface area contributed by atoms with Gasteiger partial charge in [0.15, 0.2) is 0 Å². The Morgan fingerprint density at radius 2 is 1.92 bits per heavy atom. The van der Waals surface area contributed by atoms with Gasteiger partial charge in [-0.05, 0) is 25.8 Å². The first-order chi connectivity index (χ1) is 5.35. The van der Waals surface area contributed by atoms with E-state index in [1.54, 1.807) is 6.92 Å². The van der Waals surface area contributed by atoms with Gasteiger partial charge in [-0.1, -0.05) is 20.8 Å². The van der Waals surface area contributed by atoms with E-state index in [4.69, 9.17) is 0 Å². The van der Waals surface area contributed by atoms with E-state index in [-0.39, 0.29) is 5.78 Å². The maximum absolute atomic E-state index is 10.9.